The molecule has 5 heteroatoms. The number of likely N-dealkylation sites (tertiary alicyclic amines) is 1. The molecule has 1 atom stereocenters. The molecule has 4 rings (SSSR count). The fraction of sp³-hybridized carbons (Fsp3) is 0.300. The Balaban J connectivity index is 1.62. The molecule has 0 N–H and O–H groups in total. The second-order valence-corrected chi connectivity index (χ2v) is 6.96. The molecule has 2 aromatic heterocycles. The van der Waals surface area contributed by atoms with Crippen molar-refractivity contribution in [2.24, 2.45) is 7.05 Å². The van der Waals surface area contributed by atoms with Crippen molar-refractivity contribution in [2.75, 3.05) is 6.54 Å². The molecule has 0 radical (unpaired) electrons. The summed E-state index contributed by atoms with van der Waals surface area (Å²) in [6.07, 6.45) is 8.39. The molecule has 0 bridgehead atoms. The molecule has 0 saturated carbocycles. The molecule has 0 amide bonds. The molecule has 0 spiro atoms. The van der Waals surface area contributed by atoms with Gasteiger partial charge in [0.1, 0.15) is 0 Å². The van der Waals surface area contributed by atoms with Gasteiger partial charge in [0.2, 0.25) is 0 Å². The SMILES string of the molecule is Cn1c(-c2ccccc2)cn(CN2CCCC2c2cccnc2)c1=S. The van der Waals surface area contributed by atoms with Gasteiger partial charge in [0.25, 0.3) is 0 Å². The first kappa shape index (κ1) is 16.2. The van der Waals surface area contributed by atoms with Crippen LogP contribution in [-0.4, -0.2) is 25.6 Å². The first-order valence-corrected chi connectivity index (χ1v) is 9.10. The van der Waals surface area contributed by atoms with Crippen LogP contribution in [0.5, 0.6) is 0 Å². The molecule has 25 heavy (non-hydrogen) atoms. The molecule has 0 aliphatic carbocycles. The van der Waals surface area contributed by atoms with Crippen LogP contribution in [0, 0.1) is 4.77 Å². The highest BCUT2D eigenvalue weighted by atomic mass is 32.1. The fourth-order valence-corrected chi connectivity index (χ4v) is 3.91. The van der Waals surface area contributed by atoms with Gasteiger partial charge in [-0.05, 0) is 42.3 Å². The predicted molar refractivity (Wildman–Crippen MR) is 103 cm³/mol. The van der Waals surface area contributed by atoms with Crippen LogP contribution in [0.15, 0.2) is 61.1 Å². The van der Waals surface area contributed by atoms with E-state index in [1.54, 1.807) is 0 Å². The summed E-state index contributed by atoms with van der Waals surface area (Å²) in [5, 5.41) is 0. The maximum Gasteiger partial charge on any atom is 0.181 e. The fourth-order valence-electron chi connectivity index (χ4n) is 3.71. The van der Waals surface area contributed by atoms with E-state index in [-0.39, 0.29) is 0 Å². The van der Waals surface area contributed by atoms with Gasteiger partial charge in [-0.2, -0.15) is 0 Å². The Labute approximate surface area is 153 Å². The van der Waals surface area contributed by atoms with E-state index in [2.05, 4.69) is 55.5 Å². The van der Waals surface area contributed by atoms with E-state index in [1.807, 2.05) is 31.6 Å². The van der Waals surface area contributed by atoms with Crippen molar-refractivity contribution < 1.29 is 0 Å². The normalized spacial score (nSPS) is 17.9. The Bertz CT molecular complexity index is 898. The van der Waals surface area contributed by atoms with Gasteiger partial charge < -0.3 is 9.13 Å². The maximum atomic E-state index is 5.69. The van der Waals surface area contributed by atoms with Crippen molar-refractivity contribution in [1.82, 2.24) is 19.0 Å². The van der Waals surface area contributed by atoms with Crippen molar-refractivity contribution in [1.29, 1.82) is 0 Å². The highest BCUT2D eigenvalue weighted by molar-refractivity contribution is 7.71. The second-order valence-electron chi connectivity index (χ2n) is 6.59. The monoisotopic (exact) mass is 350 g/mol. The number of nitrogens with zero attached hydrogens (tertiary/aromatic N) is 4. The first-order valence-electron chi connectivity index (χ1n) is 8.69. The van der Waals surface area contributed by atoms with E-state index < -0.39 is 0 Å². The second kappa shape index (κ2) is 6.94. The largest absolute Gasteiger partial charge is 0.320 e. The van der Waals surface area contributed by atoms with E-state index in [0.717, 1.165) is 23.7 Å². The van der Waals surface area contributed by atoms with Crippen molar-refractivity contribution in [3.63, 3.8) is 0 Å². The molecule has 1 aliphatic rings. The molecule has 1 aliphatic heterocycles. The molecule has 128 valence electrons. The van der Waals surface area contributed by atoms with E-state index in [9.17, 15) is 0 Å². The zero-order valence-electron chi connectivity index (χ0n) is 14.4. The Morgan fingerprint density at radius 3 is 2.76 bits per heavy atom. The average Bonchev–Trinajstić information content (AvgIpc) is 3.23. The van der Waals surface area contributed by atoms with Gasteiger partial charge in [-0.25, -0.2) is 0 Å². The van der Waals surface area contributed by atoms with E-state index in [4.69, 9.17) is 12.2 Å². The lowest BCUT2D eigenvalue weighted by atomic mass is 10.1. The number of rotatable bonds is 4. The van der Waals surface area contributed by atoms with E-state index in [0.29, 0.717) is 6.04 Å². The topological polar surface area (TPSA) is 26.0 Å². The van der Waals surface area contributed by atoms with Crippen LogP contribution in [0.2, 0.25) is 0 Å². The molecule has 4 nitrogen and oxygen atoms in total. The van der Waals surface area contributed by atoms with Gasteiger partial charge in [-0.15, -0.1) is 0 Å². The Hall–Kier alpha value is -2.24. The van der Waals surface area contributed by atoms with Gasteiger partial charge in [-0.3, -0.25) is 9.88 Å². The standard InChI is InChI=1S/C20H22N4S/c1-22-19(16-7-3-2-4-8-16)14-24(20(22)25)15-23-12-6-10-18(23)17-9-5-11-21-13-17/h2-5,7-9,11,13-14,18H,6,10,12,15H2,1H3. The Morgan fingerprint density at radius 1 is 1.16 bits per heavy atom. The Morgan fingerprint density at radius 2 is 2.00 bits per heavy atom. The van der Waals surface area contributed by atoms with E-state index in [1.165, 1.54) is 24.0 Å². The number of benzene rings is 1. The van der Waals surface area contributed by atoms with E-state index >= 15 is 0 Å². The number of aromatic nitrogens is 3. The third-order valence-electron chi connectivity index (χ3n) is 5.01. The molecule has 1 unspecified atom stereocenters. The average molecular weight is 350 g/mol. The zero-order valence-corrected chi connectivity index (χ0v) is 15.2. The molecule has 3 heterocycles. The third-order valence-corrected chi connectivity index (χ3v) is 5.52. The third kappa shape index (κ3) is 3.17. The van der Waals surface area contributed by atoms with Crippen LogP contribution in [0.3, 0.4) is 0 Å². The molecular weight excluding hydrogens is 328 g/mol. The summed E-state index contributed by atoms with van der Waals surface area (Å²) in [6, 6.07) is 15.0. The lowest BCUT2D eigenvalue weighted by Crippen LogP contribution is -2.26. The summed E-state index contributed by atoms with van der Waals surface area (Å²) >= 11 is 5.69. The first-order chi connectivity index (χ1) is 12.2. The quantitative estimate of drug-likeness (QED) is 0.652. The van der Waals surface area contributed by atoms with Crippen LogP contribution in [0.1, 0.15) is 24.4 Å². The number of hydrogen-bond acceptors (Lipinski definition) is 3. The van der Waals surface area contributed by atoms with Gasteiger partial charge in [0, 0.05) is 38.2 Å². The summed E-state index contributed by atoms with van der Waals surface area (Å²) in [7, 11) is 2.05. The predicted octanol–water partition coefficient (Wildman–Crippen LogP) is 4.41. The molecule has 1 aromatic carbocycles. The van der Waals surface area contributed by atoms with Gasteiger partial charge in [0.05, 0.1) is 12.4 Å². The van der Waals surface area contributed by atoms with Crippen molar-refractivity contribution >= 4 is 12.2 Å². The summed E-state index contributed by atoms with van der Waals surface area (Å²) < 4.78 is 5.14. The molecule has 1 saturated heterocycles. The highest BCUT2D eigenvalue weighted by Crippen LogP contribution is 2.32. The minimum atomic E-state index is 0.427. The minimum absolute atomic E-state index is 0.427. The molecular formula is C20H22N4S. The van der Waals surface area contributed by atoms with Crippen LogP contribution >= 0.6 is 12.2 Å². The molecule has 3 aromatic rings. The van der Waals surface area contributed by atoms with Crippen LogP contribution < -0.4 is 0 Å². The number of imidazole rings is 1. The smallest absolute Gasteiger partial charge is 0.181 e. The van der Waals surface area contributed by atoms with Crippen LogP contribution in [0.25, 0.3) is 11.3 Å². The number of hydrogen-bond donors (Lipinski definition) is 0. The zero-order chi connectivity index (χ0) is 17.2. The van der Waals surface area contributed by atoms with Gasteiger partial charge in [0.15, 0.2) is 4.77 Å². The van der Waals surface area contributed by atoms with Crippen molar-refractivity contribution in [3.05, 3.63) is 71.4 Å². The van der Waals surface area contributed by atoms with Gasteiger partial charge >= 0.3 is 0 Å². The van der Waals surface area contributed by atoms with Crippen LogP contribution in [-0.2, 0) is 13.7 Å². The number of pyridine rings is 1. The summed E-state index contributed by atoms with van der Waals surface area (Å²) in [4.78, 5) is 6.79. The van der Waals surface area contributed by atoms with Gasteiger partial charge in [-0.1, -0.05) is 36.4 Å². The highest BCUT2D eigenvalue weighted by Gasteiger charge is 2.26. The van der Waals surface area contributed by atoms with Crippen molar-refractivity contribution in [2.45, 2.75) is 25.6 Å². The summed E-state index contributed by atoms with van der Waals surface area (Å²) in [5.41, 5.74) is 3.65. The minimum Gasteiger partial charge on any atom is -0.320 e. The summed E-state index contributed by atoms with van der Waals surface area (Å²) in [5.74, 6) is 0. The Kier molecular flexibility index (Phi) is 4.51. The summed E-state index contributed by atoms with van der Waals surface area (Å²) in [6.45, 7) is 1.91. The molecule has 1 fully saturated rings. The maximum absolute atomic E-state index is 5.69. The van der Waals surface area contributed by atoms with Crippen LogP contribution in [0.4, 0.5) is 0 Å². The lowest BCUT2D eigenvalue weighted by Gasteiger charge is -2.24. The lowest BCUT2D eigenvalue weighted by molar-refractivity contribution is 0.200. The van der Waals surface area contributed by atoms with Crippen molar-refractivity contribution in [3.8, 4) is 11.3 Å².